The summed E-state index contributed by atoms with van der Waals surface area (Å²) < 4.78 is 1.70. The standard InChI is InChI=1S/C11H10BrN3OS2/c1-13-10-14-15-11(18-10)17-6-9(16)7-3-2-4-8(12)5-7/h2-5H,6H2,1H3,(H,13,14). The summed E-state index contributed by atoms with van der Waals surface area (Å²) in [4.78, 5) is 11.9. The molecule has 0 atom stereocenters. The molecule has 0 fully saturated rings. The fraction of sp³-hybridized carbons (Fsp3) is 0.182. The molecule has 1 heterocycles. The summed E-state index contributed by atoms with van der Waals surface area (Å²) in [6.07, 6.45) is 0. The van der Waals surface area contributed by atoms with Crippen molar-refractivity contribution in [3.8, 4) is 0 Å². The van der Waals surface area contributed by atoms with E-state index in [1.807, 2.05) is 24.3 Å². The van der Waals surface area contributed by atoms with Crippen LogP contribution in [0.25, 0.3) is 0 Å². The van der Waals surface area contributed by atoms with E-state index in [4.69, 9.17) is 0 Å². The smallest absolute Gasteiger partial charge is 0.206 e. The Labute approximate surface area is 121 Å². The molecule has 4 nitrogen and oxygen atoms in total. The number of halogens is 1. The number of Topliss-reactive ketones (excluding diaryl/α,β-unsaturated/α-hetero) is 1. The van der Waals surface area contributed by atoms with Gasteiger partial charge in [0.05, 0.1) is 5.75 Å². The van der Waals surface area contributed by atoms with Gasteiger partial charge in [-0.1, -0.05) is 51.2 Å². The number of hydrogen-bond donors (Lipinski definition) is 1. The van der Waals surface area contributed by atoms with Crippen LogP contribution in [0.15, 0.2) is 33.1 Å². The molecule has 1 aromatic carbocycles. The molecular weight excluding hydrogens is 334 g/mol. The Bertz CT molecular complexity index is 559. The summed E-state index contributed by atoms with van der Waals surface area (Å²) in [5.74, 6) is 0.455. The van der Waals surface area contributed by atoms with E-state index in [1.165, 1.54) is 23.1 Å². The van der Waals surface area contributed by atoms with Crippen LogP contribution in [0.2, 0.25) is 0 Å². The lowest BCUT2D eigenvalue weighted by Crippen LogP contribution is -2.01. The molecular formula is C11H10BrN3OS2. The predicted molar refractivity (Wildman–Crippen MR) is 78.7 cm³/mol. The van der Waals surface area contributed by atoms with Crippen molar-refractivity contribution in [2.24, 2.45) is 0 Å². The van der Waals surface area contributed by atoms with E-state index in [1.54, 1.807) is 7.05 Å². The first-order chi connectivity index (χ1) is 8.69. The molecule has 2 rings (SSSR count). The summed E-state index contributed by atoms with van der Waals surface area (Å²) in [5, 5.41) is 11.6. The molecule has 18 heavy (non-hydrogen) atoms. The monoisotopic (exact) mass is 343 g/mol. The van der Waals surface area contributed by atoms with Gasteiger partial charge >= 0.3 is 0 Å². The third-order valence-electron chi connectivity index (χ3n) is 2.09. The Kier molecular flexibility index (Phi) is 4.73. The maximum absolute atomic E-state index is 11.9. The van der Waals surface area contributed by atoms with Crippen molar-refractivity contribution < 1.29 is 4.79 Å². The van der Waals surface area contributed by atoms with E-state index in [9.17, 15) is 4.79 Å². The Hall–Kier alpha value is -0.920. The van der Waals surface area contributed by atoms with Crippen LogP contribution in [0.4, 0.5) is 5.13 Å². The minimum absolute atomic E-state index is 0.0857. The summed E-state index contributed by atoms with van der Waals surface area (Å²) >= 11 is 6.20. The van der Waals surface area contributed by atoms with Crippen LogP contribution in [0.1, 0.15) is 10.4 Å². The molecule has 0 unspecified atom stereocenters. The lowest BCUT2D eigenvalue weighted by Gasteiger charge is -1.99. The highest BCUT2D eigenvalue weighted by Crippen LogP contribution is 2.25. The van der Waals surface area contributed by atoms with Crippen LogP contribution in [0, 0.1) is 0 Å². The average Bonchev–Trinajstić information content (AvgIpc) is 2.84. The Morgan fingerprint density at radius 3 is 3.00 bits per heavy atom. The molecule has 0 aliphatic heterocycles. The molecule has 0 saturated heterocycles. The van der Waals surface area contributed by atoms with Gasteiger partial charge in [0.15, 0.2) is 10.1 Å². The van der Waals surface area contributed by atoms with Gasteiger partial charge in [-0.15, -0.1) is 10.2 Å². The molecule has 0 amide bonds. The number of aromatic nitrogens is 2. The number of ketones is 1. The summed E-state index contributed by atoms with van der Waals surface area (Å²) in [6.45, 7) is 0. The van der Waals surface area contributed by atoms with E-state index in [0.717, 1.165) is 13.9 Å². The fourth-order valence-corrected chi connectivity index (χ4v) is 3.24. The number of thioether (sulfide) groups is 1. The van der Waals surface area contributed by atoms with Gasteiger partial charge in [0, 0.05) is 17.1 Å². The third-order valence-corrected chi connectivity index (χ3v) is 4.66. The predicted octanol–water partition coefficient (Wildman–Crippen LogP) is 3.32. The Morgan fingerprint density at radius 1 is 1.50 bits per heavy atom. The number of benzene rings is 1. The zero-order valence-corrected chi connectivity index (χ0v) is 12.7. The number of hydrogen-bond acceptors (Lipinski definition) is 6. The number of carbonyl (C=O) groups is 1. The average molecular weight is 344 g/mol. The number of rotatable bonds is 5. The minimum atomic E-state index is 0.0857. The van der Waals surface area contributed by atoms with Crippen molar-refractivity contribution in [3.05, 3.63) is 34.3 Å². The second-order valence-electron chi connectivity index (χ2n) is 3.35. The van der Waals surface area contributed by atoms with E-state index < -0.39 is 0 Å². The number of nitrogens with one attached hydrogen (secondary N) is 1. The molecule has 0 bridgehead atoms. The van der Waals surface area contributed by atoms with Crippen molar-refractivity contribution in [2.45, 2.75) is 4.34 Å². The number of carbonyl (C=O) groups excluding carboxylic acids is 1. The van der Waals surface area contributed by atoms with Crippen LogP contribution in [-0.4, -0.2) is 28.8 Å². The van der Waals surface area contributed by atoms with Crippen molar-refractivity contribution in [3.63, 3.8) is 0 Å². The van der Waals surface area contributed by atoms with Crippen molar-refractivity contribution >= 4 is 49.9 Å². The molecule has 94 valence electrons. The van der Waals surface area contributed by atoms with Crippen LogP contribution in [-0.2, 0) is 0 Å². The van der Waals surface area contributed by atoms with Crippen LogP contribution >= 0.6 is 39.0 Å². The first-order valence-electron chi connectivity index (χ1n) is 5.12. The van der Waals surface area contributed by atoms with E-state index in [-0.39, 0.29) is 5.78 Å². The maximum atomic E-state index is 11.9. The topological polar surface area (TPSA) is 54.9 Å². The highest BCUT2D eigenvalue weighted by molar-refractivity contribution is 9.10. The second kappa shape index (κ2) is 6.31. The Balaban J connectivity index is 1.96. The molecule has 0 spiro atoms. The SMILES string of the molecule is CNc1nnc(SCC(=O)c2cccc(Br)c2)s1. The van der Waals surface area contributed by atoms with E-state index >= 15 is 0 Å². The lowest BCUT2D eigenvalue weighted by molar-refractivity contribution is 0.102. The highest BCUT2D eigenvalue weighted by Gasteiger charge is 2.09. The van der Waals surface area contributed by atoms with Gasteiger partial charge in [0.1, 0.15) is 0 Å². The second-order valence-corrected chi connectivity index (χ2v) is 6.46. The Morgan fingerprint density at radius 2 is 2.33 bits per heavy atom. The molecule has 0 aliphatic rings. The van der Waals surface area contributed by atoms with Crippen molar-refractivity contribution in [1.29, 1.82) is 0 Å². The number of anilines is 1. The molecule has 2 aromatic rings. The molecule has 0 aliphatic carbocycles. The van der Waals surface area contributed by atoms with Gasteiger partial charge in [-0.05, 0) is 12.1 Å². The quantitative estimate of drug-likeness (QED) is 0.666. The van der Waals surface area contributed by atoms with Gasteiger partial charge in [-0.3, -0.25) is 4.79 Å². The molecule has 7 heteroatoms. The molecule has 0 saturated carbocycles. The molecule has 1 aromatic heterocycles. The lowest BCUT2D eigenvalue weighted by atomic mass is 10.2. The van der Waals surface area contributed by atoms with Gasteiger partial charge in [-0.25, -0.2) is 0 Å². The van der Waals surface area contributed by atoms with Crippen molar-refractivity contribution in [1.82, 2.24) is 10.2 Å². The number of nitrogens with zero attached hydrogens (tertiary/aromatic N) is 2. The summed E-state index contributed by atoms with van der Waals surface area (Å²) in [7, 11) is 1.79. The zero-order chi connectivity index (χ0) is 13.0. The zero-order valence-electron chi connectivity index (χ0n) is 9.51. The maximum Gasteiger partial charge on any atom is 0.206 e. The van der Waals surface area contributed by atoms with Gasteiger partial charge in [-0.2, -0.15) is 0 Å². The molecule has 0 radical (unpaired) electrons. The molecule has 1 N–H and O–H groups in total. The third kappa shape index (κ3) is 3.54. The summed E-state index contributed by atoms with van der Waals surface area (Å²) in [5.41, 5.74) is 0.704. The first kappa shape index (κ1) is 13.5. The van der Waals surface area contributed by atoms with Crippen LogP contribution in [0.5, 0.6) is 0 Å². The summed E-state index contributed by atoms with van der Waals surface area (Å²) in [6, 6.07) is 7.38. The highest BCUT2D eigenvalue weighted by atomic mass is 79.9. The van der Waals surface area contributed by atoms with Crippen LogP contribution in [0.3, 0.4) is 0 Å². The van der Waals surface area contributed by atoms with Gasteiger partial charge < -0.3 is 5.32 Å². The van der Waals surface area contributed by atoms with Crippen LogP contribution < -0.4 is 5.32 Å². The van der Waals surface area contributed by atoms with Gasteiger partial charge in [0.25, 0.3) is 0 Å². The largest absolute Gasteiger partial charge is 0.363 e. The van der Waals surface area contributed by atoms with E-state index in [2.05, 4.69) is 31.4 Å². The van der Waals surface area contributed by atoms with Crippen molar-refractivity contribution in [2.75, 3.05) is 18.1 Å². The van der Waals surface area contributed by atoms with E-state index in [0.29, 0.717) is 11.3 Å². The normalized spacial score (nSPS) is 10.3. The fourth-order valence-electron chi connectivity index (χ4n) is 1.24. The van der Waals surface area contributed by atoms with Gasteiger partial charge in [0.2, 0.25) is 5.13 Å². The minimum Gasteiger partial charge on any atom is -0.363 e. The first-order valence-corrected chi connectivity index (χ1v) is 7.71.